The summed E-state index contributed by atoms with van der Waals surface area (Å²) in [4.78, 5) is 38.2. The standard InChI is InChI=1S/C31H27FN2O5/c32-28-14-8-7-13-24(28)15-16-33-31(37)34-27-18-25(29(35)38-20-22-9-3-1-4-10-22)17-26(19-27)30(36)39-21-23-11-5-2-6-12-23/h1-14,17-19H,15-16,20-21H2,(H2,33,34,37). The fraction of sp³-hybridized carbons (Fsp3) is 0.129. The minimum Gasteiger partial charge on any atom is -0.457 e. The Hall–Kier alpha value is -4.98. The molecule has 0 aliphatic heterocycles. The van der Waals surface area contributed by atoms with Crippen LogP contribution in [0.15, 0.2) is 103 Å². The molecule has 2 N–H and O–H groups in total. The van der Waals surface area contributed by atoms with Crippen LogP contribution in [-0.2, 0) is 29.1 Å². The summed E-state index contributed by atoms with van der Waals surface area (Å²) in [5.41, 5.74) is 2.42. The average molecular weight is 527 g/mol. The van der Waals surface area contributed by atoms with Crippen molar-refractivity contribution < 1.29 is 28.2 Å². The highest BCUT2D eigenvalue weighted by molar-refractivity contribution is 5.99. The molecular weight excluding hydrogens is 499 g/mol. The highest BCUT2D eigenvalue weighted by Crippen LogP contribution is 2.19. The first-order chi connectivity index (χ1) is 19.0. The van der Waals surface area contributed by atoms with Crippen molar-refractivity contribution in [3.63, 3.8) is 0 Å². The van der Waals surface area contributed by atoms with Crippen LogP contribution in [0.3, 0.4) is 0 Å². The third-order valence-electron chi connectivity index (χ3n) is 5.73. The first-order valence-corrected chi connectivity index (χ1v) is 12.3. The van der Waals surface area contributed by atoms with Gasteiger partial charge in [0.2, 0.25) is 0 Å². The molecule has 39 heavy (non-hydrogen) atoms. The van der Waals surface area contributed by atoms with E-state index in [1.54, 1.807) is 18.2 Å². The van der Waals surface area contributed by atoms with Gasteiger partial charge in [-0.3, -0.25) is 0 Å². The van der Waals surface area contributed by atoms with Crippen molar-refractivity contribution in [3.8, 4) is 0 Å². The van der Waals surface area contributed by atoms with Gasteiger partial charge in [-0.1, -0.05) is 78.9 Å². The molecule has 0 fully saturated rings. The zero-order valence-electron chi connectivity index (χ0n) is 21.1. The van der Waals surface area contributed by atoms with Crippen LogP contribution in [0.25, 0.3) is 0 Å². The van der Waals surface area contributed by atoms with E-state index in [4.69, 9.17) is 9.47 Å². The van der Waals surface area contributed by atoms with Crippen molar-refractivity contribution in [2.75, 3.05) is 11.9 Å². The topological polar surface area (TPSA) is 93.7 Å². The molecule has 0 heterocycles. The molecule has 0 unspecified atom stereocenters. The van der Waals surface area contributed by atoms with E-state index in [1.807, 2.05) is 60.7 Å². The molecule has 0 bridgehead atoms. The van der Waals surface area contributed by atoms with Crippen LogP contribution in [0.4, 0.5) is 14.9 Å². The predicted octanol–water partition coefficient (Wildman–Crippen LogP) is 5.90. The molecule has 7 nitrogen and oxygen atoms in total. The second-order valence-electron chi connectivity index (χ2n) is 8.64. The summed E-state index contributed by atoms with van der Waals surface area (Å²) in [6, 6.07) is 28.3. The number of esters is 2. The van der Waals surface area contributed by atoms with Crippen LogP contribution < -0.4 is 10.6 Å². The van der Waals surface area contributed by atoms with Gasteiger partial charge in [-0.2, -0.15) is 0 Å². The van der Waals surface area contributed by atoms with Gasteiger partial charge in [0.1, 0.15) is 19.0 Å². The predicted molar refractivity (Wildman–Crippen MR) is 145 cm³/mol. The molecule has 4 aromatic rings. The van der Waals surface area contributed by atoms with E-state index in [0.29, 0.717) is 12.0 Å². The van der Waals surface area contributed by atoms with Crippen molar-refractivity contribution in [1.82, 2.24) is 5.32 Å². The number of carbonyl (C=O) groups is 3. The Morgan fingerprint density at radius 3 is 1.72 bits per heavy atom. The molecule has 0 radical (unpaired) electrons. The number of halogens is 1. The first-order valence-electron chi connectivity index (χ1n) is 12.3. The maximum atomic E-state index is 13.8. The summed E-state index contributed by atoms with van der Waals surface area (Å²) in [6.07, 6.45) is 0.295. The SMILES string of the molecule is O=C(NCCc1ccccc1F)Nc1cc(C(=O)OCc2ccccc2)cc(C(=O)OCc2ccccc2)c1. The lowest BCUT2D eigenvalue weighted by Crippen LogP contribution is -2.30. The highest BCUT2D eigenvalue weighted by Gasteiger charge is 2.17. The number of ether oxygens (including phenoxy) is 2. The van der Waals surface area contributed by atoms with E-state index in [2.05, 4.69) is 10.6 Å². The minimum atomic E-state index is -0.667. The number of hydrogen-bond acceptors (Lipinski definition) is 5. The maximum Gasteiger partial charge on any atom is 0.338 e. The van der Waals surface area contributed by atoms with Crippen molar-refractivity contribution in [1.29, 1.82) is 0 Å². The third kappa shape index (κ3) is 8.26. The van der Waals surface area contributed by atoms with Gasteiger partial charge in [0.05, 0.1) is 11.1 Å². The zero-order valence-corrected chi connectivity index (χ0v) is 21.1. The molecule has 0 atom stereocenters. The number of hydrogen-bond donors (Lipinski definition) is 2. The Bertz CT molecular complexity index is 1350. The Morgan fingerprint density at radius 2 is 1.18 bits per heavy atom. The molecule has 0 spiro atoms. The molecule has 0 aliphatic rings. The number of rotatable bonds is 10. The largest absolute Gasteiger partial charge is 0.457 e. The van der Waals surface area contributed by atoms with Gasteiger partial charge in [-0.15, -0.1) is 0 Å². The maximum absolute atomic E-state index is 13.8. The summed E-state index contributed by atoms with van der Waals surface area (Å²) in [6.45, 7) is 0.265. The van der Waals surface area contributed by atoms with E-state index in [9.17, 15) is 18.8 Å². The van der Waals surface area contributed by atoms with E-state index in [-0.39, 0.29) is 42.4 Å². The second-order valence-corrected chi connectivity index (χ2v) is 8.64. The molecule has 8 heteroatoms. The quantitative estimate of drug-likeness (QED) is 0.251. The Kier molecular flexibility index (Phi) is 9.39. The molecule has 198 valence electrons. The summed E-state index contributed by atoms with van der Waals surface area (Å²) in [5, 5.41) is 5.27. The van der Waals surface area contributed by atoms with Gasteiger partial charge in [0.25, 0.3) is 0 Å². The molecule has 2 amide bonds. The van der Waals surface area contributed by atoms with Crippen LogP contribution in [0.5, 0.6) is 0 Å². The summed E-state index contributed by atoms with van der Waals surface area (Å²) >= 11 is 0. The molecule has 0 saturated carbocycles. The van der Waals surface area contributed by atoms with Crippen LogP contribution in [0.2, 0.25) is 0 Å². The fourth-order valence-corrected chi connectivity index (χ4v) is 3.74. The number of nitrogens with one attached hydrogen (secondary N) is 2. The lowest BCUT2D eigenvalue weighted by Gasteiger charge is -2.12. The number of anilines is 1. The first kappa shape index (κ1) is 27.1. The summed E-state index contributed by atoms with van der Waals surface area (Å²) in [5.74, 6) is -1.68. The fourth-order valence-electron chi connectivity index (χ4n) is 3.74. The van der Waals surface area contributed by atoms with Gasteiger partial charge in [-0.05, 0) is 47.4 Å². The molecule has 0 aromatic heterocycles. The molecular formula is C31H27FN2O5. The molecule has 4 aromatic carbocycles. The van der Waals surface area contributed by atoms with Crippen molar-refractivity contribution in [3.05, 3.63) is 137 Å². The van der Waals surface area contributed by atoms with Crippen LogP contribution in [-0.4, -0.2) is 24.5 Å². The van der Waals surface area contributed by atoms with Crippen LogP contribution in [0, 0.1) is 5.82 Å². The van der Waals surface area contributed by atoms with Gasteiger partial charge >= 0.3 is 18.0 Å². The van der Waals surface area contributed by atoms with Gasteiger partial charge in [0.15, 0.2) is 0 Å². The van der Waals surface area contributed by atoms with E-state index in [0.717, 1.165) is 11.1 Å². The lowest BCUT2D eigenvalue weighted by molar-refractivity contribution is 0.0470. The average Bonchev–Trinajstić information content (AvgIpc) is 2.96. The highest BCUT2D eigenvalue weighted by atomic mass is 19.1. The van der Waals surface area contributed by atoms with Gasteiger partial charge < -0.3 is 20.1 Å². The summed E-state index contributed by atoms with van der Waals surface area (Å²) < 4.78 is 24.6. The second kappa shape index (κ2) is 13.5. The van der Waals surface area contributed by atoms with E-state index >= 15 is 0 Å². The molecule has 4 rings (SSSR count). The van der Waals surface area contributed by atoms with Gasteiger partial charge in [-0.25, -0.2) is 18.8 Å². The number of urea groups is 1. The summed E-state index contributed by atoms with van der Waals surface area (Å²) in [7, 11) is 0. The van der Waals surface area contributed by atoms with E-state index in [1.165, 1.54) is 24.3 Å². The molecule has 0 saturated heterocycles. The van der Waals surface area contributed by atoms with Crippen molar-refractivity contribution >= 4 is 23.7 Å². The third-order valence-corrected chi connectivity index (χ3v) is 5.73. The van der Waals surface area contributed by atoms with Crippen molar-refractivity contribution in [2.24, 2.45) is 0 Å². The number of carbonyl (C=O) groups excluding carboxylic acids is 3. The lowest BCUT2D eigenvalue weighted by atomic mass is 10.1. The van der Waals surface area contributed by atoms with E-state index < -0.39 is 18.0 Å². The van der Waals surface area contributed by atoms with Crippen molar-refractivity contribution in [2.45, 2.75) is 19.6 Å². The number of benzene rings is 4. The minimum absolute atomic E-state index is 0.0433. The molecule has 0 aliphatic carbocycles. The monoisotopic (exact) mass is 526 g/mol. The zero-order chi connectivity index (χ0) is 27.5. The normalized spacial score (nSPS) is 10.4. The van der Waals surface area contributed by atoms with Gasteiger partial charge in [0, 0.05) is 12.2 Å². The van der Waals surface area contributed by atoms with Crippen LogP contribution in [0.1, 0.15) is 37.4 Å². The Morgan fingerprint density at radius 1 is 0.667 bits per heavy atom. The smallest absolute Gasteiger partial charge is 0.338 e. The number of amides is 2. The van der Waals surface area contributed by atoms with Crippen LogP contribution >= 0.6 is 0 Å². The Balaban J connectivity index is 1.45. The Labute approximate surface area is 225 Å².